The van der Waals surface area contributed by atoms with Crippen molar-refractivity contribution in [2.45, 2.75) is 128 Å². The number of aromatic nitrogens is 6. The second kappa shape index (κ2) is 29.3. The van der Waals surface area contributed by atoms with Crippen LogP contribution in [0.3, 0.4) is 0 Å². The first-order chi connectivity index (χ1) is 32.7. The Labute approximate surface area is 398 Å². The number of tetrazole rings is 1. The van der Waals surface area contributed by atoms with Gasteiger partial charge in [-0.1, -0.05) is 61.9 Å². The third kappa shape index (κ3) is 18.1. The number of benzene rings is 2. The molecule has 0 bridgehead atoms. The Hall–Kier alpha value is -5.68. The monoisotopic (exact) mass is 947 g/mol. The average Bonchev–Trinajstić information content (AvgIpc) is 3.87. The van der Waals surface area contributed by atoms with Crippen molar-refractivity contribution in [3.8, 4) is 11.1 Å². The quantitative estimate of drug-likeness (QED) is 0.0194. The van der Waals surface area contributed by atoms with E-state index in [1.165, 1.54) is 5.56 Å². The van der Waals surface area contributed by atoms with E-state index in [0.29, 0.717) is 76.3 Å². The molecule has 2 heterocycles. The second-order valence-electron chi connectivity index (χ2n) is 17.2. The molecule has 0 fully saturated rings. The van der Waals surface area contributed by atoms with Crippen LogP contribution >= 0.6 is 0 Å². The van der Waals surface area contributed by atoms with Gasteiger partial charge in [-0.2, -0.15) is 0 Å². The maximum atomic E-state index is 14.2. The summed E-state index contributed by atoms with van der Waals surface area (Å²) in [7, 11) is 0. The van der Waals surface area contributed by atoms with E-state index in [2.05, 4.69) is 77.6 Å². The minimum Gasteiger partial charge on any atom is -0.396 e. The number of aromatic amines is 1. The van der Waals surface area contributed by atoms with E-state index in [9.17, 15) is 35.1 Å². The number of hydrogen-bond acceptors (Lipinski definition) is 17. The fraction of sp³-hybridized carbons (Fsp3) is 0.574. The van der Waals surface area contributed by atoms with Crippen molar-refractivity contribution in [3.05, 3.63) is 76.9 Å². The molecule has 4 aromatic rings. The van der Waals surface area contributed by atoms with Crippen molar-refractivity contribution in [1.82, 2.24) is 51.0 Å². The Bertz CT molecular complexity index is 2100. The van der Waals surface area contributed by atoms with Gasteiger partial charge in [0.15, 0.2) is 23.3 Å². The molecule has 0 saturated heterocycles. The highest BCUT2D eigenvalue weighted by Crippen LogP contribution is 2.26. The molecule has 5 atom stereocenters. The zero-order valence-corrected chi connectivity index (χ0v) is 39.6. The molecule has 0 aliphatic carbocycles. The van der Waals surface area contributed by atoms with Gasteiger partial charge in [0.05, 0.1) is 30.0 Å². The summed E-state index contributed by atoms with van der Waals surface area (Å²) in [5, 5.41) is 79.4. The van der Waals surface area contributed by atoms with Crippen LogP contribution in [0, 0.1) is 12.3 Å². The van der Waals surface area contributed by atoms with Crippen molar-refractivity contribution in [2.24, 2.45) is 5.73 Å². The highest BCUT2D eigenvalue weighted by atomic mass is 16.4. The van der Waals surface area contributed by atoms with E-state index >= 15 is 0 Å². The fourth-order valence-electron chi connectivity index (χ4n) is 7.90. The largest absolute Gasteiger partial charge is 0.396 e. The maximum absolute atomic E-state index is 14.2. The van der Waals surface area contributed by atoms with Crippen LogP contribution in [-0.4, -0.2) is 154 Å². The molecule has 0 spiro atoms. The molecule has 0 aliphatic heterocycles. The molecule has 4 unspecified atom stereocenters. The van der Waals surface area contributed by atoms with E-state index in [4.69, 9.17) is 22.6 Å². The molecule has 2 amide bonds. The number of hydrogen-bond donors (Lipinski definition) is 12. The predicted molar refractivity (Wildman–Crippen MR) is 260 cm³/mol. The van der Waals surface area contributed by atoms with Gasteiger partial charge in [0.2, 0.25) is 5.91 Å². The number of amides is 2. The number of unbranched alkanes of at least 4 members (excludes halogenated alkanes) is 2. The van der Waals surface area contributed by atoms with Crippen LogP contribution in [0.5, 0.6) is 0 Å². The van der Waals surface area contributed by atoms with E-state index in [1.54, 1.807) is 6.92 Å². The molecule has 0 saturated carbocycles. The third-order valence-electron chi connectivity index (χ3n) is 11.9. The summed E-state index contributed by atoms with van der Waals surface area (Å²) in [5.74, 6) is -0.347. The lowest BCUT2D eigenvalue weighted by molar-refractivity contribution is -0.134. The lowest BCUT2D eigenvalue weighted by atomic mass is 9.99. The number of aliphatic hydroxyl groups excluding tert-OH is 5. The Morgan fingerprint density at radius 3 is 2.13 bits per heavy atom. The van der Waals surface area contributed by atoms with E-state index in [-0.39, 0.29) is 55.2 Å². The Morgan fingerprint density at radius 1 is 0.809 bits per heavy atom. The van der Waals surface area contributed by atoms with Crippen LogP contribution in [0.4, 0.5) is 11.6 Å². The van der Waals surface area contributed by atoms with Gasteiger partial charge in [-0.05, 0) is 123 Å². The number of nitrogen functional groups attached to an aromatic ring is 2. The zero-order valence-electron chi connectivity index (χ0n) is 39.6. The normalized spacial score (nSPS) is 13.7. The number of nitrogens with one attached hydrogen (secondary N) is 4. The van der Waals surface area contributed by atoms with Gasteiger partial charge in [0.1, 0.15) is 11.9 Å². The molecule has 0 aliphatic rings. The molecule has 21 heteroatoms. The lowest BCUT2D eigenvalue weighted by Crippen LogP contribution is -2.46. The summed E-state index contributed by atoms with van der Waals surface area (Å²) >= 11 is 0. The first-order valence-electron chi connectivity index (χ1n) is 23.7. The molecule has 21 nitrogen and oxygen atoms in total. The number of anilines is 2. The maximum Gasteiger partial charge on any atom is 0.280 e. The number of carbonyl (C=O) groups excluding carboxylic acids is 2. The van der Waals surface area contributed by atoms with Crippen molar-refractivity contribution in [2.75, 3.05) is 57.3 Å². The van der Waals surface area contributed by atoms with Gasteiger partial charge in [-0.3, -0.25) is 20.3 Å². The predicted octanol–water partition coefficient (Wildman–Crippen LogP) is 1.75. The number of aliphatic hydroxyl groups is 5. The number of nitrogens with zero attached hydrogens (tertiary/aromatic N) is 7. The summed E-state index contributed by atoms with van der Waals surface area (Å²) in [6.45, 7) is 5.52. The number of carbonyl (C=O) groups is 2. The molecule has 2 aromatic heterocycles. The summed E-state index contributed by atoms with van der Waals surface area (Å²) in [6, 6.07) is 16.1. The molecule has 0 radical (unpaired) electrons. The Kier molecular flexibility index (Phi) is 23.6. The third-order valence-corrected chi connectivity index (χ3v) is 11.9. The molecule has 15 N–H and O–H groups in total. The summed E-state index contributed by atoms with van der Waals surface area (Å²) < 4.78 is 0. The molecule has 374 valence electrons. The van der Waals surface area contributed by atoms with Gasteiger partial charge in [-0.15, -0.1) is 5.10 Å². The molecular formula is C47H74N14O7. The number of H-pyrrole nitrogens is 1. The zero-order chi connectivity index (χ0) is 49.4. The van der Waals surface area contributed by atoms with Crippen LogP contribution in [0.2, 0.25) is 0 Å². The van der Waals surface area contributed by atoms with Crippen molar-refractivity contribution >= 4 is 29.4 Å². The van der Waals surface area contributed by atoms with Crippen LogP contribution in [0.25, 0.3) is 11.1 Å². The van der Waals surface area contributed by atoms with Crippen molar-refractivity contribution in [3.63, 3.8) is 0 Å². The number of nitrogens with two attached hydrogens (primary N) is 3. The van der Waals surface area contributed by atoms with Crippen LogP contribution in [0.1, 0.15) is 117 Å². The highest BCUT2D eigenvalue weighted by Gasteiger charge is 2.29. The topological polar surface area (TPSA) is 348 Å². The number of aryl methyl sites for hydroxylation is 3. The summed E-state index contributed by atoms with van der Waals surface area (Å²) in [4.78, 5) is 38.5. The van der Waals surface area contributed by atoms with E-state index in [0.717, 1.165) is 55.2 Å². The average molecular weight is 947 g/mol. The van der Waals surface area contributed by atoms with Crippen molar-refractivity contribution < 1.29 is 35.1 Å². The van der Waals surface area contributed by atoms with E-state index < -0.39 is 36.4 Å². The first-order valence-corrected chi connectivity index (χ1v) is 23.7. The fourth-order valence-corrected chi connectivity index (χ4v) is 7.90. The van der Waals surface area contributed by atoms with Gasteiger partial charge >= 0.3 is 0 Å². The summed E-state index contributed by atoms with van der Waals surface area (Å²) in [6.07, 6.45) is 3.10. The standard InChI is InChI=1S/C47H74N14O7/c1-3-9-36(63)22-28-60(30-39(65)42(67)38(64)23-29-62)26-8-27-61(37(11-4-6-24-48)45-56-58-59-57-45)40(66)21-16-33-14-19-35(20-15-33)34-17-12-32(13-18-34)10-5-7-25-52-47(51)55-46(68)41-44(50)54-43(49)31(2)53-41/h12-15,17-20,36-39,42,62-65,67H,3-11,16,21-30,48H2,1-2H3,(H4,49,50,54)(H3,51,52,55,68)(H,56,57,58,59)/t36?,37-,38?,39?,42?/m0/s1. The van der Waals surface area contributed by atoms with Gasteiger partial charge in [0.25, 0.3) is 5.91 Å². The molecule has 4 rings (SSSR count). The molecule has 68 heavy (non-hydrogen) atoms. The van der Waals surface area contributed by atoms with E-state index in [1.807, 2.05) is 28.9 Å². The molecule has 2 aromatic carbocycles. The Balaban J connectivity index is 1.32. The van der Waals surface area contributed by atoms with Crippen LogP contribution in [0.15, 0.2) is 48.5 Å². The lowest BCUT2D eigenvalue weighted by Gasteiger charge is -2.33. The number of guanidine groups is 1. The van der Waals surface area contributed by atoms with Crippen LogP contribution < -0.4 is 27.8 Å². The van der Waals surface area contributed by atoms with Gasteiger partial charge in [0, 0.05) is 39.2 Å². The van der Waals surface area contributed by atoms with Crippen LogP contribution in [-0.2, 0) is 17.6 Å². The SMILES string of the molecule is CCCC(O)CCN(CCCN(C(=O)CCc1ccc(-c2ccc(CCCCNC(=N)NC(=O)c3nc(C)c(N)nc3N)cc2)cc1)[C@@H](CCCCN)c1nnn[nH]1)CC(O)C(O)C(O)CCO. The number of rotatable bonds is 31. The highest BCUT2D eigenvalue weighted by molar-refractivity contribution is 6.06. The minimum absolute atomic E-state index is 0.0281. The summed E-state index contributed by atoms with van der Waals surface area (Å²) in [5.41, 5.74) is 21.9. The smallest absolute Gasteiger partial charge is 0.280 e. The minimum atomic E-state index is -1.46. The second-order valence-corrected chi connectivity index (χ2v) is 17.2. The van der Waals surface area contributed by atoms with Crippen molar-refractivity contribution in [1.29, 1.82) is 5.41 Å². The first kappa shape index (κ1) is 54.9. The molecular weight excluding hydrogens is 873 g/mol. The van der Waals surface area contributed by atoms with Gasteiger partial charge < -0.3 is 57.9 Å². The van der Waals surface area contributed by atoms with Gasteiger partial charge in [-0.25, -0.2) is 15.1 Å². The Morgan fingerprint density at radius 2 is 1.50 bits per heavy atom.